The standard InChI is InChI=1S/C27H25BrN2O5/c1-3-15-33-23-10-5-19(6-11-23)26(31)30-29-18-21-17-22(28)9-14-25(21)35-27(32)20-7-12-24(13-8-20)34-16-4-2/h3,5-14,17-18H,1,4,15-16H2,2H3,(H,30,31). The lowest BCUT2D eigenvalue weighted by Gasteiger charge is -2.09. The third-order valence-corrected chi connectivity index (χ3v) is 5.08. The Morgan fingerprint density at radius 3 is 2.29 bits per heavy atom. The average Bonchev–Trinajstić information content (AvgIpc) is 2.88. The number of carbonyl (C=O) groups excluding carboxylic acids is 2. The number of halogens is 1. The van der Waals surface area contributed by atoms with Crippen LogP contribution in [0, 0.1) is 0 Å². The molecule has 7 nitrogen and oxygen atoms in total. The van der Waals surface area contributed by atoms with Gasteiger partial charge in [-0.05, 0) is 73.2 Å². The number of esters is 1. The van der Waals surface area contributed by atoms with E-state index in [-0.39, 0.29) is 0 Å². The number of ether oxygens (including phenoxy) is 3. The summed E-state index contributed by atoms with van der Waals surface area (Å²) < 4.78 is 17.3. The maximum absolute atomic E-state index is 12.6. The van der Waals surface area contributed by atoms with Crippen molar-refractivity contribution in [1.82, 2.24) is 5.43 Å². The molecule has 0 heterocycles. The second-order valence-corrected chi connectivity index (χ2v) is 8.18. The van der Waals surface area contributed by atoms with Gasteiger partial charge in [0.15, 0.2) is 0 Å². The van der Waals surface area contributed by atoms with E-state index in [1.54, 1.807) is 72.8 Å². The summed E-state index contributed by atoms with van der Waals surface area (Å²) in [5.41, 5.74) is 3.77. The molecule has 0 aliphatic carbocycles. The molecule has 0 aliphatic heterocycles. The van der Waals surface area contributed by atoms with Gasteiger partial charge in [-0.3, -0.25) is 4.79 Å². The number of nitrogens with zero attached hydrogens (tertiary/aromatic N) is 1. The van der Waals surface area contributed by atoms with Gasteiger partial charge < -0.3 is 14.2 Å². The molecule has 1 N–H and O–H groups in total. The number of hydrogen-bond acceptors (Lipinski definition) is 6. The van der Waals surface area contributed by atoms with Crippen molar-refractivity contribution in [3.8, 4) is 17.2 Å². The third-order valence-electron chi connectivity index (χ3n) is 4.59. The Balaban J connectivity index is 1.65. The summed E-state index contributed by atoms with van der Waals surface area (Å²) >= 11 is 3.40. The number of hydrogen-bond donors (Lipinski definition) is 1. The fourth-order valence-corrected chi connectivity index (χ4v) is 3.24. The smallest absolute Gasteiger partial charge is 0.343 e. The molecule has 3 rings (SSSR count). The van der Waals surface area contributed by atoms with Gasteiger partial charge in [-0.1, -0.05) is 35.5 Å². The summed E-state index contributed by atoms with van der Waals surface area (Å²) in [5, 5.41) is 4.01. The Morgan fingerprint density at radius 1 is 0.971 bits per heavy atom. The SMILES string of the molecule is C=CCOc1ccc(C(=O)NN=Cc2cc(Br)ccc2OC(=O)c2ccc(OCCC)cc2)cc1. The van der Waals surface area contributed by atoms with Crippen LogP contribution < -0.4 is 19.6 Å². The summed E-state index contributed by atoms with van der Waals surface area (Å²) in [7, 11) is 0. The van der Waals surface area contributed by atoms with E-state index in [2.05, 4.69) is 33.0 Å². The fourth-order valence-electron chi connectivity index (χ4n) is 2.86. The van der Waals surface area contributed by atoms with Gasteiger partial charge in [-0.25, -0.2) is 10.2 Å². The summed E-state index contributed by atoms with van der Waals surface area (Å²) in [6, 6.07) is 18.5. The van der Waals surface area contributed by atoms with Crippen molar-refractivity contribution in [3.63, 3.8) is 0 Å². The molecule has 3 aromatic rings. The van der Waals surface area contributed by atoms with E-state index in [0.29, 0.717) is 47.2 Å². The first-order chi connectivity index (χ1) is 17.0. The van der Waals surface area contributed by atoms with Crippen LogP contribution in [0.3, 0.4) is 0 Å². The molecule has 0 bridgehead atoms. The molecule has 0 aliphatic rings. The zero-order valence-electron chi connectivity index (χ0n) is 19.2. The Morgan fingerprint density at radius 2 is 1.63 bits per heavy atom. The number of amides is 1. The van der Waals surface area contributed by atoms with Crippen molar-refractivity contribution >= 4 is 34.0 Å². The number of benzene rings is 3. The molecule has 0 radical (unpaired) electrons. The zero-order chi connectivity index (χ0) is 25.0. The highest BCUT2D eigenvalue weighted by Crippen LogP contribution is 2.23. The van der Waals surface area contributed by atoms with Gasteiger partial charge in [-0.2, -0.15) is 5.10 Å². The second-order valence-electron chi connectivity index (χ2n) is 7.27. The molecule has 180 valence electrons. The van der Waals surface area contributed by atoms with Crippen LogP contribution >= 0.6 is 15.9 Å². The van der Waals surface area contributed by atoms with Crippen LogP contribution in [-0.2, 0) is 0 Å². The van der Waals surface area contributed by atoms with E-state index in [1.807, 2.05) is 6.92 Å². The zero-order valence-corrected chi connectivity index (χ0v) is 20.8. The Labute approximate surface area is 212 Å². The highest BCUT2D eigenvalue weighted by Gasteiger charge is 2.12. The van der Waals surface area contributed by atoms with E-state index in [1.165, 1.54) is 6.21 Å². The van der Waals surface area contributed by atoms with Gasteiger partial charge in [0.1, 0.15) is 23.9 Å². The van der Waals surface area contributed by atoms with Gasteiger partial charge in [0, 0.05) is 15.6 Å². The van der Waals surface area contributed by atoms with Crippen molar-refractivity contribution in [3.05, 3.63) is 101 Å². The minimum absolute atomic E-state index is 0.297. The normalized spacial score (nSPS) is 10.6. The fraction of sp³-hybridized carbons (Fsp3) is 0.148. The molecule has 35 heavy (non-hydrogen) atoms. The minimum atomic E-state index is -0.521. The summed E-state index contributed by atoms with van der Waals surface area (Å²) in [4.78, 5) is 25.0. The topological polar surface area (TPSA) is 86.2 Å². The van der Waals surface area contributed by atoms with E-state index >= 15 is 0 Å². The molecule has 8 heteroatoms. The first-order valence-electron chi connectivity index (χ1n) is 10.9. The van der Waals surface area contributed by atoms with Crippen molar-refractivity contribution in [1.29, 1.82) is 0 Å². The lowest BCUT2D eigenvalue weighted by molar-refractivity contribution is 0.0734. The molecule has 0 unspecified atom stereocenters. The van der Waals surface area contributed by atoms with E-state index in [9.17, 15) is 9.59 Å². The average molecular weight is 537 g/mol. The van der Waals surface area contributed by atoms with Gasteiger partial charge >= 0.3 is 5.97 Å². The molecular weight excluding hydrogens is 512 g/mol. The van der Waals surface area contributed by atoms with Gasteiger partial charge in [0.05, 0.1) is 18.4 Å². The highest BCUT2D eigenvalue weighted by molar-refractivity contribution is 9.10. The maximum atomic E-state index is 12.6. The predicted octanol–water partition coefficient (Wildman–Crippen LogP) is 5.79. The molecule has 0 saturated carbocycles. The van der Waals surface area contributed by atoms with Crippen molar-refractivity contribution in [2.75, 3.05) is 13.2 Å². The molecular formula is C27H25BrN2O5. The molecule has 1 amide bonds. The molecule has 0 aromatic heterocycles. The lowest BCUT2D eigenvalue weighted by atomic mass is 10.2. The number of hydrazone groups is 1. The Hall–Kier alpha value is -3.91. The highest BCUT2D eigenvalue weighted by atomic mass is 79.9. The quantitative estimate of drug-likeness (QED) is 0.110. The van der Waals surface area contributed by atoms with Gasteiger partial charge in [-0.15, -0.1) is 0 Å². The second kappa shape index (κ2) is 13.1. The monoisotopic (exact) mass is 536 g/mol. The van der Waals surface area contributed by atoms with E-state index in [4.69, 9.17) is 14.2 Å². The molecule has 3 aromatic carbocycles. The van der Waals surface area contributed by atoms with Crippen molar-refractivity contribution in [2.24, 2.45) is 5.10 Å². The lowest BCUT2D eigenvalue weighted by Crippen LogP contribution is -2.17. The first kappa shape index (κ1) is 25.7. The van der Waals surface area contributed by atoms with E-state index in [0.717, 1.165) is 10.9 Å². The van der Waals surface area contributed by atoms with Crippen molar-refractivity contribution in [2.45, 2.75) is 13.3 Å². The Bertz CT molecular complexity index is 1190. The third kappa shape index (κ3) is 7.82. The minimum Gasteiger partial charge on any atom is -0.494 e. The van der Waals surface area contributed by atoms with Crippen LogP contribution in [0.1, 0.15) is 39.6 Å². The molecule has 0 fully saturated rings. The molecule has 0 saturated heterocycles. The largest absolute Gasteiger partial charge is 0.494 e. The molecule has 0 spiro atoms. The molecule has 0 atom stereocenters. The number of carbonyl (C=O) groups is 2. The number of nitrogens with one attached hydrogen (secondary N) is 1. The predicted molar refractivity (Wildman–Crippen MR) is 139 cm³/mol. The van der Waals surface area contributed by atoms with Crippen LogP contribution in [0.2, 0.25) is 0 Å². The van der Waals surface area contributed by atoms with Crippen molar-refractivity contribution < 1.29 is 23.8 Å². The maximum Gasteiger partial charge on any atom is 0.343 e. The summed E-state index contributed by atoms with van der Waals surface area (Å²) in [6.07, 6.45) is 3.95. The Kier molecular flexibility index (Phi) is 9.62. The number of rotatable bonds is 11. The van der Waals surface area contributed by atoms with Crippen LogP contribution in [-0.4, -0.2) is 31.3 Å². The van der Waals surface area contributed by atoms with E-state index < -0.39 is 11.9 Å². The van der Waals surface area contributed by atoms with Crippen LogP contribution in [0.4, 0.5) is 0 Å². The first-order valence-corrected chi connectivity index (χ1v) is 11.7. The summed E-state index contributed by atoms with van der Waals surface area (Å²) in [5.74, 6) is 0.705. The van der Waals surface area contributed by atoms with Crippen LogP contribution in [0.5, 0.6) is 17.2 Å². The van der Waals surface area contributed by atoms with Gasteiger partial charge in [0.25, 0.3) is 5.91 Å². The summed E-state index contributed by atoms with van der Waals surface area (Å²) in [6.45, 7) is 6.61. The van der Waals surface area contributed by atoms with Crippen LogP contribution in [0.15, 0.2) is 89.0 Å². The van der Waals surface area contributed by atoms with Gasteiger partial charge in [0.2, 0.25) is 0 Å². The van der Waals surface area contributed by atoms with Crippen LogP contribution in [0.25, 0.3) is 0 Å².